The van der Waals surface area contributed by atoms with Gasteiger partial charge in [0.25, 0.3) is 0 Å². The molecule has 0 fully saturated rings. The van der Waals surface area contributed by atoms with Gasteiger partial charge in [0.2, 0.25) is 0 Å². The summed E-state index contributed by atoms with van der Waals surface area (Å²) in [6.45, 7) is 5.44. The van der Waals surface area contributed by atoms with Crippen LogP contribution in [0.4, 0.5) is 4.79 Å². The lowest BCUT2D eigenvalue weighted by atomic mass is 10.2. The third kappa shape index (κ3) is 17.8. The fourth-order valence-corrected chi connectivity index (χ4v) is 1.08. The summed E-state index contributed by atoms with van der Waals surface area (Å²) in [7, 11) is 2.77. The quantitative estimate of drug-likeness (QED) is 0.249. The first-order valence-electron chi connectivity index (χ1n) is 6.51. The first-order valence-corrected chi connectivity index (χ1v) is 6.51. The molecule has 0 aromatic carbocycles. The Kier molecular flexibility index (Phi) is 20.1. The lowest BCUT2D eigenvalue weighted by Crippen LogP contribution is -2.33. The number of rotatable bonds is 2. The van der Waals surface area contributed by atoms with E-state index >= 15 is 0 Å². The molecule has 1 heterocycles. The third-order valence-corrected chi connectivity index (χ3v) is 1.94. The van der Waals surface area contributed by atoms with Gasteiger partial charge in [-0.1, -0.05) is 14.9 Å². The van der Waals surface area contributed by atoms with Crippen molar-refractivity contribution in [3.05, 3.63) is 24.6 Å². The lowest BCUT2D eigenvalue weighted by molar-refractivity contribution is -0.135. The van der Waals surface area contributed by atoms with E-state index in [1.54, 1.807) is 20.8 Å². The molecule has 0 radical (unpaired) electrons. The van der Waals surface area contributed by atoms with Crippen molar-refractivity contribution in [1.82, 2.24) is 4.90 Å². The van der Waals surface area contributed by atoms with Gasteiger partial charge in [0.15, 0.2) is 5.78 Å². The molecule has 0 bridgehead atoms. The van der Waals surface area contributed by atoms with Crippen molar-refractivity contribution >= 4 is 17.8 Å². The number of esters is 1. The number of methoxy groups -OCH3 is 2. The number of hydrazine groups is 1. The summed E-state index contributed by atoms with van der Waals surface area (Å²) in [6, 6.07) is 0. The Balaban J connectivity index is -0.000000162. The van der Waals surface area contributed by atoms with Crippen molar-refractivity contribution in [2.24, 2.45) is 11.7 Å². The molecule has 0 saturated carbocycles. The zero-order valence-corrected chi connectivity index (χ0v) is 14.1. The molecular weight excluding hydrogens is 330 g/mol. The summed E-state index contributed by atoms with van der Waals surface area (Å²) in [6.07, 6.45) is 4.78. The molecule has 0 aromatic rings. The minimum Gasteiger partial charge on any atom is -0.504 e. The van der Waals surface area contributed by atoms with Gasteiger partial charge in [0, 0.05) is 6.20 Å². The first kappa shape index (κ1) is 30.5. The van der Waals surface area contributed by atoms with E-state index in [-0.39, 0.29) is 27.2 Å². The third-order valence-electron chi connectivity index (χ3n) is 1.94. The van der Waals surface area contributed by atoms with Crippen LogP contribution < -0.4 is 11.7 Å². The van der Waals surface area contributed by atoms with E-state index in [0.717, 1.165) is 0 Å². The highest BCUT2D eigenvalue weighted by Crippen LogP contribution is 2.11. The van der Waals surface area contributed by atoms with E-state index < -0.39 is 17.7 Å². The maximum absolute atomic E-state index is 11.3. The second kappa shape index (κ2) is 16.5. The van der Waals surface area contributed by atoms with Crippen molar-refractivity contribution in [2.45, 2.75) is 41.2 Å². The monoisotopic (exact) mass is 363 g/mol. The highest BCUT2D eigenvalue weighted by atomic mass is 16.6. The minimum absolute atomic E-state index is 0. The largest absolute Gasteiger partial charge is 0.504 e. The van der Waals surface area contributed by atoms with Crippen molar-refractivity contribution < 1.29 is 28.6 Å². The normalized spacial score (nSPS) is 11.8. The second-order valence-electron chi connectivity index (χ2n) is 4.95. The van der Waals surface area contributed by atoms with Crippen LogP contribution in [0.15, 0.2) is 24.6 Å². The standard InChI is InChI=1S/C9H13NO3.C5H8O3.2CH4.H4N2/c1-9(2,3)13-8(12)10-5-4-7(11)6-10;1-7-4-3-5(6)8-2;;;1-2/h4-5H,6H2,1-3H3;3-4H,1-2H3;2*1H4;1-2H2/b;4-3+;;;. The van der Waals surface area contributed by atoms with Crippen LogP contribution in [-0.2, 0) is 23.8 Å². The zero-order chi connectivity index (χ0) is 18.5. The average molecular weight is 363 g/mol. The summed E-state index contributed by atoms with van der Waals surface area (Å²) in [4.78, 5) is 33.5. The minimum atomic E-state index is -0.517. The number of carbonyl (C=O) groups is 3. The van der Waals surface area contributed by atoms with E-state index in [9.17, 15) is 14.4 Å². The molecule has 9 nitrogen and oxygen atoms in total. The van der Waals surface area contributed by atoms with Gasteiger partial charge < -0.3 is 14.2 Å². The number of hydrogen-bond acceptors (Lipinski definition) is 8. The zero-order valence-electron chi connectivity index (χ0n) is 14.1. The van der Waals surface area contributed by atoms with Gasteiger partial charge in [-0.05, 0) is 26.8 Å². The summed E-state index contributed by atoms with van der Waals surface area (Å²) >= 11 is 0. The van der Waals surface area contributed by atoms with Crippen LogP contribution in [0.1, 0.15) is 35.6 Å². The molecule has 0 spiro atoms. The number of ether oxygens (including phenoxy) is 3. The number of nitrogens with zero attached hydrogens (tertiary/aromatic N) is 1. The predicted molar refractivity (Wildman–Crippen MR) is 97.1 cm³/mol. The molecule has 1 amide bonds. The second-order valence-corrected chi connectivity index (χ2v) is 4.95. The van der Waals surface area contributed by atoms with Gasteiger partial charge in [-0.15, -0.1) is 0 Å². The molecule has 4 N–H and O–H groups in total. The van der Waals surface area contributed by atoms with Crippen LogP contribution in [0.5, 0.6) is 0 Å². The van der Waals surface area contributed by atoms with Crippen LogP contribution in [-0.4, -0.2) is 49.1 Å². The van der Waals surface area contributed by atoms with E-state index in [4.69, 9.17) is 4.74 Å². The highest BCUT2D eigenvalue weighted by Gasteiger charge is 2.24. The molecule has 1 rings (SSSR count). The topological polar surface area (TPSA) is 134 Å². The van der Waals surface area contributed by atoms with E-state index in [1.807, 2.05) is 0 Å². The molecular formula is C16H33N3O6. The van der Waals surface area contributed by atoms with Crippen molar-refractivity contribution in [3.8, 4) is 0 Å². The Morgan fingerprint density at radius 2 is 1.72 bits per heavy atom. The summed E-state index contributed by atoms with van der Waals surface area (Å²) in [5.74, 6) is 7.51. The highest BCUT2D eigenvalue weighted by molar-refractivity contribution is 5.96. The molecule has 0 aromatic heterocycles. The Morgan fingerprint density at radius 1 is 1.20 bits per heavy atom. The molecule has 0 atom stereocenters. The van der Waals surface area contributed by atoms with E-state index in [2.05, 4.69) is 21.2 Å². The molecule has 0 aliphatic carbocycles. The lowest BCUT2D eigenvalue weighted by Gasteiger charge is -2.22. The fraction of sp³-hybridized carbons (Fsp3) is 0.562. The maximum atomic E-state index is 11.3. The maximum Gasteiger partial charge on any atom is 0.414 e. The van der Waals surface area contributed by atoms with E-state index in [0.29, 0.717) is 0 Å². The number of carbonyl (C=O) groups excluding carboxylic acids is 3. The number of nitrogens with two attached hydrogens (primary N) is 2. The summed E-state index contributed by atoms with van der Waals surface area (Å²) < 4.78 is 13.7. The Bertz CT molecular complexity index is 442. The van der Waals surface area contributed by atoms with Crippen LogP contribution in [0.3, 0.4) is 0 Å². The average Bonchev–Trinajstić information content (AvgIpc) is 2.92. The molecule has 0 unspecified atom stereocenters. The summed E-state index contributed by atoms with van der Waals surface area (Å²) in [5, 5.41) is 0. The molecule has 1 aliphatic heterocycles. The van der Waals surface area contributed by atoms with Gasteiger partial charge in [-0.2, -0.15) is 0 Å². The van der Waals surface area contributed by atoms with Gasteiger partial charge in [0.1, 0.15) is 5.60 Å². The number of ketones is 1. The van der Waals surface area contributed by atoms with Crippen molar-refractivity contribution in [2.75, 3.05) is 20.8 Å². The van der Waals surface area contributed by atoms with Gasteiger partial charge in [0.05, 0.1) is 33.1 Å². The Labute approximate surface area is 150 Å². The van der Waals surface area contributed by atoms with Gasteiger partial charge in [-0.25, -0.2) is 9.59 Å². The van der Waals surface area contributed by atoms with Crippen LogP contribution >= 0.6 is 0 Å². The Morgan fingerprint density at radius 3 is 2.04 bits per heavy atom. The molecule has 25 heavy (non-hydrogen) atoms. The van der Waals surface area contributed by atoms with Crippen molar-refractivity contribution in [1.29, 1.82) is 0 Å². The smallest absolute Gasteiger partial charge is 0.414 e. The molecule has 0 saturated heterocycles. The predicted octanol–water partition coefficient (Wildman–Crippen LogP) is 1.73. The van der Waals surface area contributed by atoms with Crippen LogP contribution in [0.2, 0.25) is 0 Å². The number of amides is 1. The van der Waals surface area contributed by atoms with Crippen LogP contribution in [0.25, 0.3) is 0 Å². The van der Waals surface area contributed by atoms with Gasteiger partial charge in [-0.3, -0.25) is 21.4 Å². The molecule has 9 heteroatoms. The van der Waals surface area contributed by atoms with Crippen molar-refractivity contribution in [3.63, 3.8) is 0 Å². The number of hydrogen-bond donors (Lipinski definition) is 2. The van der Waals surface area contributed by atoms with E-state index in [1.165, 1.54) is 43.7 Å². The fourth-order valence-electron chi connectivity index (χ4n) is 1.08. The molecule has 1 aliphatic rings. The first-order chi connectivity index (χ1) is 10.7. The summed E-state index contributed by atoms with van der Waals surface area (Å²) in [5.41, 5.74) is -0.517. The Hall–Kier alpha value is -2.39. The van der Waals surface area contributed by atoms with Crippen LogP contribution in [0, 0.1) is 0 Å². The molecule has 148 valence electrons. The van der Waals surface area contributed by atoms with Gasteiger partial charge >= 0.3 is 12.1 Å². The SMILES string of the molecule is C.C.CC(C)(C)OC(=O)N1C=CC(=O)C1.CO/C=C/C(=O)OC.NN.